The molecular weight excluding hydrogens is 200 g/mol. The lowest BCUT2D eigenvalue weighted by molar-refractivity contribution is 0.100. The summed E-state index contributed by atoms with van der Waals surface area (Å²) in [6, 6.07) is 0. The number of hydrogen-bond donors (Lipinski definition) is 2. The van der Waals surface area contributed by atoms with E-state index in [1.165, 1.54) is 32.1 Å². The van der Waals surface area contributed by atoms with Gasteiger partial charge in [0.2, 0.25) is 0 Å². The average Bonchev–Trinajstić information content (AvgIpc) is 2.84. The van der Waals surface area contributed by atoms with Crippen molar-refractivity contribution < 1.29 is 4.74 Å². The third-order valence-corrected chi connectivity index (χ3v) is 4.22. The standard InChI is InChI=1S/C13H26N2O/c1-12(2)5-6-13(9-12,10-14)15-8-11-4-3-7-16-11/h11,15H,3-10,14H2,1-2H3. The minimum atomic E-state index is 0.176. The maximum Gasteiger partial charge on any atom is 0.0700 e. The van der Waals surface area contributed by atoms with Crippen LogP contribution in [0, 0.1) is 5.41 Å². The van der Waals surface area contributed by atoms with E-state index in [2.05, 4.69) is 19.2 Å². The smallest absolute Gasteiger partial charge is 0.0700 e. The molecule has 0 spiro atoms. The van der Waals surface area contributed by atoms with E-state index in [1.807, 2.05) is 0 Å². The SMILES string of the molecule is CC1(C)CCC(CN)(NCC2CCCO2)C1. The first-order valence-electron chi connectivity index (χ1n) is 6.62. The third-order valence-electron chi connectivity index (χ3n) is 4.22. The molecular formula is C13H26N2O. The predicted molar refractivity (Wildman–Crippen MR) is 66.4 cm³/mol. The summed E-state index contributed by atoms with van der Waals surface area (Å²) in [4.78, 5) is 0. The van der Waals surface area contributed by atoms with E-state index in [9.17, 15) is 0 Å². The maximum atomic E-state index is 5.97. The van der Waals surface area contributed by atoms with Gasteiger partial charge in [0.05, 0.1) is 6.10 Å². The molecule has 2 unspecified atom stereocenters. The van der Waals surface area contributed by atoms with Crippen LogP contribution >= 0.6 is 0 Å². The van der Waals surface area contributed by atoms with Crippen molar-refractivity contribution in [3.05, 3.63) is 0 Å². The van der Waals surface area contributed by atoms with E-state index in [0.717, 1.165) is 19.7 Å². The number of nitrogens with one attached hydrogen (secondary N) is 1. The highest BCUT2D eigenvalue weighted by molar-refractivity contribution is 5.01. The van der Waals surface area contributed by atoms with Crippen LogP contribution in [0.25, 0.3) is 0 Å². The minimum absolute atomic E-state index is 0.176. The number of ether oxygens (including phenoxy) is 1. The number of hydrogen-bond acceptors (Lipinski definition) is 3. The summed E-state index contributed by atoms with van der Waals surface area (Å²) >= 11 is 0. The van der Waals surface area contributed by atoms with Crippen molar-refractivity contribution >= 4 is 0 Å². The van der Waals surface area contributed by atoms with Gasteiger partial charge in [0, 0.05) is 25.2 Å². The predicted octanol–water partition coefficient (Wildman–Crippen LogP) is 1.66. The zero-order chi connectivity index (χ0) is 11.6. The number of nitrogens with two attached hydrogens (primary N) is 1. The van der Waals surface area contributed by atoms with Crippen LogP contribution in [0.5, 0.6) is 0 Å². The van der Waals surface area contributed by atoms with Gasteiger partial charge >= 0.3 is 0 Å². The summed E-state index contributed by atoms with van der Waals surface area (Å²) in [6.45, 7) is 7.36. The molecule has 2 aliphatic rings. The third kappa shape index (κ3) is 2.76. The van der Waals surface area contributed by atoms with E-state index >= 15 is 0 Å². The average molecular weight is 226 g/mol. The Kier molecular flexibility index (Phi) is 3.57. The van der Waals surface area contributed by atoms with Crippen molar-refractivity contribution in [2.24, 2.45) is 11.1 Å². The fraction of sp³-hybridized carbons (Fsp3) is 1.00. The van der Waals surface area contributed by atoms with Gasteiger partial charge in [0.15, 0.2) is 0 Å². The Bertz CT molecular complexity index is 236. The van der Waals surface area contributed by atoms with Crippen molar-refractivity contribution in [1.29, 1.82) is 0 Å². The monoisotopic (exact) mass is 226 g/mol. The van der Waals surface area contributed by atoms with Gasteiger partial charge in [-0.2, -0.15) is 0 Å². The summed E-state index contributed by atoms with van der Waals surface area (Å²) in [7, 11) is 0. The van der Waals surface area contributed by atoms with Crippen LogP contribution in [0.1, 0.15) is 46.0 Å². The normalized spacial score (nSPS) is 38.1. The second-order valence-electron chi connectivity index (χ2n) is 6.34. The van der Waals surface area contributed by atoms with Gasteiger partial charge < -0.3 is 15.8 Å². The summed E-state index contributed by atoms with van der Waals surface area (Å²) < 4.78 is 5.65. The molecule has 0 aromatic heterocycles. The van der Waals surface area contributed by atoms with Gasteiger partial charge in [-0.05, 0) is 37.5 Å². The Balaban J connectivity index is 1.85. The van der Waals surface area contributed by atoms with Gasteiger partial charge in [-0.3, -0.25) is 0 Å². The van der Waals surface area contributed by atoms with E-state index in [0.29, 0.717) is 11.5 Å². The van der Waals surface area contributed by atoms with Crippen LogP contribution in [0.15, 0.2) is 0 Å². The fourth-order valence-corrected chi connectivity index (χ4v) is 3.20. The molecule has 2 rings (SSSR count). The van der Waals surface area contributed by atoms with Gasteiger partial charge in [0.25, 0.3) is 0 Å². The summed E-state index contributed by atoms with van der Waals surface area (Å²) in [5.74, 6) is 0. The molecule has 0 radical (unpaired) electrons. The Morgan fingerprint density at radius 1 is 1.38 bits per heavy atom. The van der Waals surface area contributed by atoms with Gasteiger partial charge in [-0.25, -0.2) is 0 Å². The topological polar surface area (TPSA) is 47.3 Å². The molecule has 0 aromatic carbocycles. The highest BCUT2D eigenvalue weighted by atomic mass is 16.5. The molecule has 94 valence electrons. The second kappa shape index (κ2) is 4.63. The van der Waals surface area contributed by atoms with Crippen LogP contribution < -0.4 is 11.1 Å². The van der Waals surface area contributed by atoms with Crippen LogP contribution in [0.3, 0.4) is 0 Å². The van der Waals surface area contributed by atoms with Crippen LogP contribution in [-0.2, 0) is 4.74 Å². The first-order chi connectivity index (χ1) is 7.55. The Hall–Kier alpha value is -0.120. The zero-order valence-corrected chi connectivity index (χ0v) is 10.7. The molecule has 16 heavy (non-hydrogen) atoms. The summed E-state index contributed by atoms with van der Waals surface area (Å²) in [6.07, 6.45) is 6.53. The lowest BCUT2D eigenvalue weighted by atomic mass is 9.87. The molecule has 1 saturated carbocycles. The molecule has 2 atom stereocenters. The maximum absolute atomic E-state index is 5.97. The molecule has 3 N–H and O–H groups in total. The van der Waals surface area contributed by atoms with E-state index in [1.54, 1.807) is 0 Å². The molecule has 1 aliphatic carbocycles. The first-order valence-corrected chi connectivity index (χ1v) is 6.62. The molecule has 1 saturated heterocycles. The van der Waals surface area contributed by atoms with Gasteiger partial charge in [-0.1, -0.05) is 13.8 Å². The lowest BCUT2D eigenvalue weighted by Gasteiger charge is -2.32. The van der Waals surface area contributed by atoms with Crippen molar-refractivity contribution in [2.45, 2.75) is 57.6 Å². The second-order valence-corrected chi connectivity index (χ2v) is 6.34. The Labute approximate surface area is 99.1 Å². The zero-order valence-electron chi connectivity index (χ0n) is 10.7. The van der Waals surface area contributed by atoms with E-state index < -0.39 is 0 Å². The summed E-state index contributed by atoms with van der Waals surface area (Å²) in [5, 5.41) is 3.69. The van der Waals surface area contributed by atoms with Crippen LogP contribution in [0.4, 0.5) is 0 Å². The Morgan fingerprint density at radius 2 is 2.19 bits per heavy atom. The highest BCUT2D eigenvalue weighted by Crippen LogP contribution is 2.43. The molecule has 0 aromatic rings. The van der Waals surface area contributed by atoms with Crippen LogP contribution in [-0.4, -0.2) is 31.3 Å². The quantitative estimate of drug-likeness (QED) is 0.766. The largest absolute Gasteiger partial charge is 0.377 e. The van der Waals surface area contributed by atoms with Crippen molar-refractivity contribution in [3.63, 3.8) is 0 Å². The molecule has 0 bridgehead atoms. The van der Waals surface area contributed by atoms with E-state index in [4.69, 9.17) is 10.5 Å². The first kappa shape index (κ1) is 12.3. The Morgan fingerprint density at radius 3 is 2.69 bits per heavy atom. The van der Waals surface area contributed by atoms with Crippen molar-refractivity contribution in [1.82, 2.24) is 5.32 Å². The molecule has 0 amide bonds. The van der Waals surface area contributed by atoms with Crippen LogP contribution in [0.2, 0.25) is 0 Å². The molecule has 3 heteroatoms. The molecule has 2 fully saturated rings. The van der Waals surface area contributed by atoms with Gasteiger partial charge in [-0.15, -0.1) is 0 Å². The fourth-order valence-electron chi connectivity index (χ4n) is 3.20. The number of rotatable bonds is 4. The van der Waals surface area contributed by atoms with Crippen molar-refractivity contribution in [2.75, 3.05) is 19.7 Å². The van der Waals surface area contributed by atoms with E-state index in [-0.39, 0.29) is 5.54 Å². The molecule has 1 heterocycles. The summed E-state index contributed by atoms with van der Waals surface area (Å²) in [5.41, 5.74) is 6.59. The lowest BCUT2D eigenvalue weighted by Crippen LogP contribution is -2.52. The molecule has 1 aliphatic heterocycles. The minimum Gasteiger partial charge on any atom is -0.377 e. The molecule has 3 nitrogen and oxygen atoms in total. The highest BCUT2D eigenvalue weighted by Gasteiger charge is 2.42. The van der Waals surface area contributed by atoms with Crippen molar-refractivity contribution in [3.8, 4) is 0 Å². The van der Waals surface area contributed by atoms with Gasteiger partial charge in [0.1, 0.15) is 0 Å².